The van der Waals surface area contributed by atoms with Gasteiger partial charge in [-0.25, -0.2) is 0 Å². The number of nitrogens with one attached hydrogen (secondary N) is 1. The molecule has 112 valence electrons. The lowest BCUT2D eigenvalue weighted by molar-refractivity contribution is 0.291. The number of piperidine rings is 1. The molecule has 1 aliphatic rings. The van der Waals surface area contributed by atoms with E-state index in [0.29, 0.717) is 18.4 Å². The summed E-state index contributed by atoms with van der Waals surface area (Å²) >= 11 is 0. The van der Waals surface area contributed by atoms with E-state index in [1.54, 1.807) is 6.07 Å². The van der Waals surface area contributed by atoms with E-state index in [9.17, 15) is 4.79 Å². The maximum absolute atomic E-state index is 12.4. The Morgan fingerprint density at radius 2 is 2.10 bits per heavy atom. The van der Waals surface area contributed by atoms with Crippen LogP contribution in [0.5, 0.6) is 5.75 Å². The van der Waals surface area contributed by atoms with Gasteiger partial charge in [0.2, 0.25) is 0 Å². The summed E-state index contributed by atoms with van der Waals surface area (Å²) in [4.78, 5) is 12.4. The number of unbranched alkanes of at least 4 members (excludes halogenated alkanes) is 3. The third kappa shape index (κ3) is 4.10. The first-order valence-corrected chi connectivity index (χ1v) is 7.87. The van der Waals surface area contributed by atoms with Gasteiger partial charge in [0.25, 0.3) is 5.56 Å². The molecule has 0 radical (unpaired) electrons. The summed E-state index contributed by atoms with van der Waals surface area (Å²) in [7, 11) is 0. The molecule has 0 aliphatic carbocycles. The van der Waals surface area contributed by atoms with Crippen molar-refractivity contribution in [1.82, 2.24) is 9.88 Å². The molecule has 1 aliphatic heterocycles. The number of hydrogen-bond acceptors (Lipinski definition) is 3. The predicted molar refractivity (Wildman–Crippen MR) is 81.5 cm³/mol. The van der Waals surface area contributed by atoms with Crippen LogP contribution in [0.1, 0.15) is 51.5 Å². The van der Waals surface area contributed by atoms with E-state index in [1.807, 2.05) is 16.8 Å². The number of pyridine rings is 1. The van der Waals surface area contributed by atoms with Crippen LogP contribution >= 0.6 is 0 Å². The number of hydrogen-bond donors (Lipinski definition) is 1. The summed E-state index contributed by atoms with van der Waals surface area (Å²) in [5, 5.41) is 3.33. The molecule has 1 fully saturated rings. The molecule has 1 saturated heterocycles. The smallest absolute Gasteiger partial charge is 0.293 e. The summed E-state index contributed by atoms with van der Waals surface area (Å²) in [6, 6.07) is 4.03. The van der Waals surface area contributed by atoms with Gasteiger partial charge in [-0.05, 0) is 44.5 Å². The second-order valence-corrected chi connectivity index (χ2v) is 5.48. The van der Waals surface area contributed by atoms with Crippen LogP contribution in [0.15, 0.2) is 23.1 Å². The highest BCUT2D eigenvalue weighted by atomic mass is 16.5. The summed E-state index contributed by atoms with van der Waals surface area (Å²) < 4.78 is 7.52. The molecular weight excluding hydrogens is 252 g/mol. The molecule has 0 spiro atoms. The molecule has 0 unspecified atom stereocenters. The molecule has 0 bridgehead atoms. The number of rotatable bonds is 7. The normalized spacial score (nSPS) is 16.2. The van der Waals surface area contributed by atoms with Crippen molar-refractivity contribution < 1.29 is 4.74 Å². The first-order chi connectivity index (χ1) is 9.83. The van der Waals surface area contributed by atoms with Gasteiger partial charge in [-0.3, -0.25) is 4.79 Å². The molecule has 2 heterocycles. The number of nitrogens with zero attached hydrogens (tertiary/aromatic N) is 1. The Bertz CT molecular complexity index is 450. The molecule has 4 nitrogen and oxygen atoms in total. The standard InChI is InChI=1S/C16H26N2O2/c1-2-3-4-5-13-20-15-7-6-12-18(16(15)19)14-8-10-17-11-9-14/h6-7,12,14,17H,2-5,8-11,13H2,1H3. The lowest BCUT2D eigenvalue weighted by Gasteiger charge is -2.25. The average Bonchev–Trinajstić information content (AvgIpc) is 2.49. The fraction of sp³-hybridized carbons (Fsp3) is 0.688. The van der Waals surface area contributed by atoms with Gasteiger partial charge < -0.3 is 14.6 Å². The van der Waals surface area contributed by atoms with Crippen molar-refractivity contribution in [2.75, 3.05) is 19.7 Å². The van der Waals surface area contributed by atoms with Crippen molar-refractivity contribution in [2.24, 2.45) is 0 Å². The van der Waals surface area contributed by atoms with Crippen LogP contribution in [0.3, 0.4) is 0 Å². The van der Waals surface area contributed by atoms with Crippen LogP contribution in [-0.2, 0) is 0 Å². The first-order valence-electron chi connectivity index (χ1n) is 7.87. The van der Waals surface area contributed by atoms with Gasteiger partial charge in [0.15, 0.2) is 5.75 Å². The first kappa shape index (κ1) is 15.1. The average molecular weight is 278 g/mol. The van der Waals surface area contributed by atoms with Crippen molar-refractivity contribution in [2.45, 2.75) is 51.5 Å². The molecule has 0 amide bonds. The van der Waals surface area contributed by atoms with Crippen LogP contribution in [0.4, 0.5) is 0 Å². The van der Waals surface area contributed by atoms with E-state index < -0.39 is 0 Å². The lowest BCUT2D eigenvalue weighted by atomic mass is 10.1. The van der Waals surface area contributed by atoms with Gasteiger partial charge in [0.1, 0.15) is 0 Å². The molecule has 0 saturated carbocycles. The quantitative estimate of drug-likeness (QED) is 0.780. The summed E-state index contributed by atoms with van der Waals surface area (Å²) in [6.07, 6.45) is 8.56. The Hall–Kier alpha value is -1.29. The highest BCUT2D eigenvalue weighted by Crippen LogP contribution is 2.17. The van der Waals surface area contributed by atoms with Gasteiger partial charge in [0, 0.05) is 12.2 Å². The molecule has 2 rings (SSSR count). The van der Waals surface area contributed by atoms with Crippen LogP contribution in [-0.4, -0.2) is 24.3 Å². The van der Waals surface area contributed by atoms with Gasteiger partial charge in [-0.15, -0.1) is 0 Å². The van der Waals surface area contributed by atoms with E-state index in [0.717, 1.165) is 32.4 Å². The van der Waals surface area contributed by atoms with E-state index in [1.165, 1.54) is 19.3 Å². The molecule has 20 heavy (non-hydrogen) atoms. The second kappa shape index (κ2) is 8.10. The minimum atomic E-state index is 0.0230. The SMILES string of the molecule is CCCCCCOc1cccn(C2CCNCC2)c1=O. The third-order valence-corrected chi connectivity index (χ3v) is 3.90. The maximum atomic E-state index is 12.4. The summed E-state index contributed by atoms with van der Waals surface area (Å²) in [5.41, 5.74) is 0.0230. The molecule has 1 N–H and O–H groups in total. The van der Waals surface area contributed by atoms with Gasteiger partial charge in [0.05, 0.1) is 6.61 Å². The van der Waals surface area contributed by atoms with Crippen molar-refractivity contribution >= 4 is 0 Å². The van der Waals surface area contributed by atoms with E-state index in [-0.39, 0.29) is 5.56 Å². The van der Waals surface area contributed by atoms with E-state index >= 15 is 0 Å². The fourth-order valence-electron chi connectivity index (χ4n) is 2.68. The van der Waals surface area contributed by atoms with Crippen LogP contribution < -0.4 is 15.6 Å². The van der Waals surface area contributed by atoms with Crippen LogP contribution in [0.2, 0.25) is 0 Å². The zero-order chi connectivity index (χ0) is 14.2. The monoisotopic (exact) mass is 278 g/mol. The number of ether oxygens (including phenoxy) is 1. The highest BCUT2D eigenvalue weighted by Gasteiger charge is 2.17. The lowest BCUT2D eigenvalue weighted by Crippen LogP contribution is -2.34. The van der Waals surface area contributed by atoms with Crippen molar-refractivity contribution in [1.29, 1.82) is 0 Å². The Kier molecular flexibility index (Phi) is 6.12. The Labute approximate surface area is 121 Å². The highest BCUT2D eigenvalue weighted by molar-refractivity contribution is 5.17. The largest absolute Gasteiger partial charge is 0.488 e. The van der Waals surface area contributed by atoms with Crippen molar-refractivity contribution in [3.05, 3.63) is 28.7 Å². The van der Waals surface area contributed by atoms with Gasteiger partial charge >= 0.3 is 0 Å². The minimum Gasteiger partial charge on any atom is -0.488 e. The van der Waals surface area contributed by atoms with Gasteiger partial charge in [-0.2, -0.15) is 0 Å². The molecule has 0 atom stereocenters. The van der Waals surface area contributed by atoms with Crippen molar-refractivity contribution in [3.63, 3.8) is 0 Å². The molecule has 1 aromatic rings. The number of aromatic nitrogens is 1. The van der Waals surface area contributed by atoms with E-state index in [4.69, 9.17) is 4.74 Å². The van der Waals surface area contributed by atoms with E-state index in [2.05, 4.69) is 12.2 Å². The maximum Gasteiger partial charge on any atom is 0.293 e. The van der Waals surface area contributed by atoms with Crippen molar-refractivity contribution in [3.8, 4) is 5.75 Å². The van der Waals surface area contributed by atoms with Crippen LogP contribution in [0.25, 0.3) is 0 Å². The predicted octanol–water partition coefficient (Wildman–Crippen LogP) is 2.73. The summed E-state index contributed by atoms with van der Waals surface area (Å²) in [5.74, 6) is 0.502. The minimum absolute atomic E-state index is 0.0230. The Balaban J connectivity index is 1.94. The van der Waals surface area contributed by atoms with Crippen LogP contribution in [0, 0.1) is 0 Å². The second-order valence-electron chi connectivity index (χ2n) is 5.48. The Morgan fingerprint density at radius 3 is 2.85 bits per heavy atom. The third-order valence-electron chi connectivity index (χ3n) is 3.90. The molecule has 4 heteroatoms. The zero-order valence-electron chi connectivity index (χ0n) is 12.4. The summed E-state index contributed by atoms with van der Waals surface area (Å²) in [6.45, 7) is 4.81. The van der Waals surface area contributed by atoms with Gasteiger partial charge in [-0.1, -0.05) is 26.2 Å². The Morgan fingerprint density at radius 1 is 1.30 bits per heavy atom. The zero-order valence-corrected chi connectivity index (χ0v) is 12.4. The molecular formula is C16H26N2O2. The molecule has 1 aromatic heterocycles. The topological polar surface area (TPSA) is 43.3 Å². The molecule has 0 aromatic carbocycles. The fourth-order valence-corrected chi connectivity index (χ4v) is 2.68.